The Hall–Kier alpha value is -0.920. The average molecular weight is 532 g/mol. The molecule has 4 heteroatoms. The van der Waals surface area contributed by atoms with Crippen molar-refractivity contribution < 1.29 is 45.7 Å². The van der Waals surface area contributed by atoms with Crippen molar-refractivity contribution in [3.05, 3.63) is 107 Å². The summed E-state index contributed by atoms with van der Waals surface area (Å²) in [6.45, 7) is 13.1. The number of hydrogen-bond donors (Lipinski definition) is 0. The molecule has 0 spiro atoms. The largest absolute Gasteiger partial charge is 1.00 e. The fourth-order valence-electron chi connectivity index (χ4n) is 5.25. The normalized spacial score (nSPS) is 18.4. The predicted molar refractivity (Wildman–Crippen MR) is 123 cm³/mol. The number of fused-ring (bicyclic) bond motifs is 2. The maximum atomic E-state index is 4.15. The van der Waals surface area contributed by atoms with E-state index in [4.69, 9.17) is 0 Å². The second-order valence-corrected chi connectivity index (χ2v) is 25.7. The Morgan fingerprint density at radius 1 is 0.767 bits per heavy atom. The third-order valence-electron chi connectivity index (χ3n) is 6.33. The maximum absolute atomic E-state index is 4.15. The average Bonchev–Trinajstić information content (AvgIpc) is 3.19. The van der Waals surface area contributed by atoms with Gasteiger partial charge in [-0.25, -0.2) is 0 Å². The van der Waals surface area contributed by atoms with Gasteiger partial charge in [0.05, 0.1) is 0 Å². The van der Waals surface area contributed by atoms with Crippen molar-refractivity contribution in [1.29, 1.82) is 0 Å². The van der Waals surface area contributed by atoms with Gasteiger partial charge in [-0.15, -0.1) is 0 Å². The van der Waals surface area contributed by atoms with Crippen LogP contribution in [0.15, 0.2) is 85.0 Å². The fraction of sp³-hybridized carbons (Fsp3) is 0.231. The number of benzene rings is 2. The van der Waals surface area contributed by atoms with Crippen LogP contribution in [-0.2, 0) is 20.9 Å². The minimum absolute atomic E-state index is 0. The summed E-state index contributed by atoms with van der Waals surface area (Å²) in [7, 11) is 0. The van der Waals surface area contributed by atoms with Crippen LogP contribution in [0.5, 0.6) is 0 Å². The number of hydrogen-bond acceptors (Lipinski definition) is 0. The first kappa shape index (κ1) is 25.3. The van der Waals surface area contributed by atoms with Gasteiger partial charge in [-0.3, -0.25) is 0 Å². The van der Waals surface area contributed by atoms with E-state index in [1.807, 2.05) is 0 Å². The Labute approximate surface area is 202 Å². The first-order chi connectivity index (χ1) is 13.7. The van der Waals surface area contributed by atoms with Crippen molar-refractivity contribution in [2.24, 2.45) is 0 Å². The van der Waals surface area contributed by atoms with Gasteiger partial charge < -0.3 is 24.8 Å². The van der Waals surface area contributed by atoms with Gasteiger partial charge in [0.2, 0.25) is 0 Å². The maximum Gasteiger partial charge on any atom is -1.00 e. The van der Waals surface area contributed by atoms with Crippen LogP contribution < -0.4 is 24.8 Å². The zero-order valence-electron chi connectivity index (χ0n) is 17.7. The third kappa shape index (κ3) is 4.63. The summed E-state index contributed by atoms with van der Waals surface area (Å²) in [5.74, 6) is -0.971. The molecule has 2 unspecified atom stereocenters. The summed E-state index contributed by atoms with van der Waals surface area (Å²) in [6.07, 6.45) is 9.35. The molecule has 0 fully saturated rings. The summed E-state index contributed by atoms with van der Waals surface area (Å²) < 4.78 is 1.41. The van der Waals surface area contributed by atoms with Gasteiger partial charge in [0.15, 0.2) is 0 Å². The summed E-state index contributed by atoms with van der Waals surface area (Å²) in [6, 6.07) is 20.8. The van der Waals surface area contributed by atoms with Gasteiger partial charge in [-0.05, 0) is 0 Å². The van der Waals surface area contributed by atoms with Crippen LogP contribution in [0, 0.1) is 0 Å². The second-order valence-electron chi connectivity index (χ2n) is 8.15. The van der Waals surface area contributed by atoms with E-state index in [0.29, 0.717) is 7.25 Å². The quantitative estimate of drug-likeness (QED) is 0.370. The molecule has 0 saturated heterocycles. The Kier molecular flexibility index (Phi) is 9.37. The minimum Gasteiger partial charge on any atom is -1.00 e. The third-order valence-corrected chi connectivity index (χ3v) is 30.5. The Morgan fingerprint density at radius 2 is 1.17 bits per heavy atom. The van der Waals surface area contributed by atoms with Crippen LogP contribution in [0.1, 0.15) is 43.4 Å². The van der Waals surface area contributed by atoms with Gasteiger partial charge in [0, 0.05) is 0 Å². The molecule has 0 nitrogen and oxygen atoms in total. The molecular formula is C26H29Cl2SiZr. The van der Waals surface area contributed by atoms with E-state index in [-0.39, 0.29) is 24.8 Å². The molecule has 2 aliphatic rings. The Morgan fingerprint density at radius 3 is 1.57 bits per heavy atom. The van der Waals surface area contributed by atoms with E-state index in [9.17, 15) is 0 Å². The van der Waals surface area contributed by atoms with Gasteiger partial charge in [-0.2, -0.15) is 0 Å². The number of rotatable bonds is 7. The van der Waals surface area contributed by atoms with Crippen molar-refractivity contribution >= 4 is 18.1 Å². The van der Waals surface area contributed by atoms with Crippen LogP contribution in [0.25, 0.3) is 12.2 Å². The van der Waals surface area contributed by atoms with Crippen LogP contribution in [-0.4, -0.2) is 5.92 Å². The number of halogens is 2. The van der Waals surface area contributed by atoms with Crippen LogP contribution in [0.4, 0.5) is 0 Å². The van der Waals surface area contributed by atoms with E-state index >= 15 is 0 Å². The van der Waals surface area contributed by atoms with Gasteiger partial charge in [-0.1, -0.05) is 0 Å². The van der Waals surface area contributed by atoms with Crippen molar-refractivity contribution in [2.75, 3.05) is 0 Å². The van der Waals surface area contributed by atoms with Crippen LogP contribution in [0.2, 0.25) is 12.1 Å². The molecule has 2 atom stereocenters. The summed E-state index contributed by atoms with van der Waals surface area (Å²) in [4.78, 5) is 0. The summed E-state index contributed by atoms with van der Waals surface area (Å²) in [5.41, 5.74) is 9.35. The van der Waals surface area contributed by atoms with Crippen molar-refractivity contribution in [3.8, 4) is 0 Å². The first-order valence-corrected chi connectivity index (χ1v) is 19.6. The van der Waals surface area contributed by atoms with E-state index in [1.54, 1.807) is 22.3 Å². The topological polar surface area (TPSA) is 0 Å². The predicted octanol–water partition coefficient (Wildman–Crippen LogP) is 1.02. The fourth-order valence-corrected chi connectivity index (χ4v) is 33.3. The molecule has 0 saturated carbocycles. The smallest absolute Gasteiger partial charge is 1.00 e. The molecule has 2 aromatic carbocycles. The number of allylic oxidation sites excluding steroid dienone is 4. The molecule has 155 valence electrons. The Balaban J connectivity index is 0.00000160. The van der Waals surface area contributed by atoms with E-state index in [1.165, 1.54) is 23.2 Å². The van der Waals surface area contributed by atoms with Crippen molar-refractivity contribution in [2.45, 2.75) is 33.2 Å². The van der Waals surface area contributed by atoms with E-state index < -0.39 is 26.8 Å². The first-order valence-electron chi connectivity index (χ1n) is 10.3. The molecule has 0 N–H and O–H groups in total. The summed E-state index contributed by atoms with van der Waals surface area (Å²) >= 11 is -1.99. The zero-order valence-corrected chi connectivity index (χ0v) is 22.9. The molecule has 0 amide bonds. The molecule has 0 radical (unpaired) electrons. The standard InChI is InChI=1S/2C10H9.C6H11Si.2ClH.Zr/c2*1-8-6-9-4-2-3-5-10(9)7-8;1-3-5-7-6-4-2;;;/h2*2-7H,1H3;3-4,7H,1-2,5-6H2;2*1H;/q;;;;;+2/p-2. The molecule has 2 aromatic rings. The SMILES string of the molecule is C=CC[SiH](CC=C)[Zr+2]([CH]1C(C)=Cc2ccccc21)[CH]1C(C)=Cc2ccccc21.[Cl-].[Cl-]. The molecular weight excluding hydrogens is 503 g/mol. The minimum atomic E-state index is -1.99. The molecule has 4 rings (SSSR count). The molecule has 2 aliphatic carbocycles. The molecule has 0 heterocycles. The van der Waals surface area contributed by atoms with Crippen LogP contribution >= 0.6 is 0 Å². The van der Waals surface area contributed by atoms with Gasteiger partial charge in [0.25, 0.3) is 0 Å². The molecule has 0 aromatic heterocycles. The van der Waals surface area contributed by atoms with E-state index in [0.717, 1.165) is 0 Å². The zero-order chi connectivity index (χ0) is 19.7. The molecule has 0 bridgehead atoms. The van der Waals surface area contributed by atoms with Gasteiger partial charge in [0.1, 0.15) is 0 Å². The Bertz CT molecular complexity index is 901. The van der Waals surface area contributed by atoms with Crippen molar-refractivity contribution in [3.63, 3.8) is 0 Å². The molecule has 0 aliphatic heterocycles. The van der Waals surface area contributed by atoms with Crippen LogP contribution in [0.3, 0.4) is 0 Å². The summed E-state index contributed by atoms with van der Waals surface area (Å²) in [5, 5.41) is 0. The van der Waals surface area contributed by atoms with Crippen molar-refractivity contribution in [1.82, 2.24) is 0 Å². The van der Waals surface area contributed by atoms with Gasteiger partial charge >= 0.3 is 179 Å². The second kappa shape index (κ2) is 11.1. The van der Waals surface area contributed by atoms with E-state index in [2.05, 4.69) is 99.8 Å². The molecule has 30 heavy (non-hydrogen) atoms. The monoisotopic (exact) mass is 529 g/mol.